The van der Waals surface area contributed by atoms with Gasteiger partial charge < -0.3 is 10.8 Å². The van der Waals surface area contributed by atoms with E-state index in [0.717, 1.165) is 0 Å². The number of hydrogen-bond donors (Lipinski definition) is 3. The van der Waals surface area contributed by atoms with Gasteiger partial charge in [0.1, 0.15) is 0 Å². The third-order valence-electron chi connectivity index (χ3n) is 3.48. The Morgan fingerprint density at radius 2 is 2.06 bits per heavy atom. The van der Waals surface area contributed by atoms with Crippen LogP contribution in [-0.4, -0.2) is 41.1 Å². The summed E-state index contributed by atoms with van der Waals surface area (Å²) in [5.74, 6) is 0.242. The van der Waals surface area contributed by atoms with Gasteiger partial charge in [0.05, 0.1) is 12.4 Å². The van der Waals surface area contributed by atoms with E-state index in [1.54, 1.807) is 0 Å². The van der Waals surface area contributed by atoms with Gasteiger partial charge in [-0.3, -0.25) is 10.3 Å². The van der Waals surface area contributed by atoms with Crippen LogP contribution < -0.4 is 5.73 Å². The predicted molar refractivity (Wildman–Crippen MR) is 66.7 cm³/mol. The Morgan fingerprint density at radius 3 is 2.56 bits per heavy atom. The standard InChI is InChI=1S/C12H25N3O/c1-10(9-12(13)14)15(7-8-16)11-5-3-2-4-6-11/h10-11,16H,2-9H2,1H3,(H3,13,14). The van der Waals surface area contributed by atoms with Crippen molar-refractivity contribution in [2.24, 2.45) is 5.73 Å². The first-order valence-corrected chi connectivity index (χ1v) is 6.34. The number of aliphatic hydroxyl groups is 1. The van der Waals surface area contributed by atoms with Crippen molar-refractivity contribution in [3.8, 4) is 0 Å². The van der Waals surface area contributed by atoms with Crippen molar-refractivity contribution < 1.29 is 5.11 Å². The number of amidine groups is 1. The smallest absolute Gasteiger partial charge is 0.0920 e. The second-order valence-corrected chi connectivity index (χ2v) is 4.83. The normalized spacial score (nSPS) is 19.9. The summed E-state index contributed by atoms with van der Waals surface area (Å²) in [6, 6.07) is 0.850. The van der Waals surface area contributed by atoms with Crippen molar-refractivity contribution in [2.45, 2.75) is 57.5 Å². The van der Waals surface area contributed by atoms with Gasteiger partial charge >= 0.3 is 0 Å². The zero-order chi connectivity index (χ0) is 12.0. The summed E-state index contributed by atoms with van der Waals surface area (Å²) in [6.45, 7) is 3.00. The molecule has 0 radical (unpaired) electrons. The minimum absolute atomic E-state index is 0.193. The Labute approximate surface area is 98.3 Å². The molecule has 0 saturated heterocycles. The maximum Gasteiger partial charge on any atom is 0.0920 e. The van der Waals surface area contributed by atoms with E-state index >= 15 is 0 Å². The first-order chi connectivity index (χ1) is 7.65. The summed E-state index contributed by atoms with van der Waals surface area (Å²) < 4.78 is 0. The van der Waals surface area contributed by atoms with Crippen molar-refractivity contribution in [1.82, 2.24) is 4.90 Å². The molecule has 0 aromatic heterocycles. The lowest BCUT2D eigenvalue weighted by molar-refractivity contribution is 0.0899. The SMILES string of the molecule is CC(CC(=N)N)N(CCO)C1CCCCC1. The fourth-order valence-corrected chi connectivity index (χ4v) is 2.73. The van der Waals surface area contributed by atoms with Crippen LogP contribution in [-0.2, 0) is 0 Å². The lowest BCUT2D eigenvalue weighted by atomic mass is 9.93. The van der Waals surface area contributed by atoms with E-state index in [9.17, 15) is 0 Å². The molecule has 0 aromatic rings. The molecule has 1 fully saturated rings. The van der Waals surface area contributed by atoms with Crippen molar-refractivity contribution >= 4 is 5.84 Å². The molecule has 4 nitrogen and oxygen atoms in total. The van der Waals surface area contributed by atoms with E-state index in [-0.39, 0.29) is 18.5 Å². The van der Waals surface area contributed by atoms with Gasteiger partial charge in [-0.1, -0.05) is 19.3 Å². The van der Waals surface area contributed by atoms with E-state index in [0.29, 0.717) is 19.0 Å². The second-order valence-electron chi connectivity index (χ2n) is 4.83. The number of nitrogens with one attached hydrogen (secondary N) is 1. The van der Waals surface area contributed by atoms with Crippen molar-refractivity contribution in [2.75, 3.05) is 13.2 Å². The van der Waals surface area contributed by atoms with Crippen LogP contribution in [0.4, 0.5) is 0 Å². The van der Waals surface area contributed by atoms with Crippen LogP contribution in [0.2, 0.25) is 0 Å². The molecule has 16 heavy (non-hydrogen) atoms. The Morgan fingerprint density at radius 1 is 1.44 bits per heavy atom. The minimum atomic E-state index is 0.193. The van der Waals surface area contributed by atoms with E-state index in [4.69, 9.17) is 16.2 Å². The molecule has 1 atom stereocenters. The van der Waals surface area contributed by atoms with Gasteiger partial charge in [0.25, 0.3) is 0 Å². The molecule has 0 bridgehead atoms. The van der Waals surface area contributed by atoms with Gasteiger partial charge in [-0.2, -0.15) is 0 Å². The van der Waals surface area contributed by atoms with Gasteiger partial charge in [-0.15, -0.1) is 0 Å². The van der Waals surface area contributed by atoms with E-state index in [2.05, 4.69) is 11.8 Å². The quantitative estimate of drug-likeness (QED) is 0.473. The summed E-state index contributed by atoms with van der Waals surface area (Å²) >= 11 is 0. The average Bonchev–Trinajstić information content (AvgIpc) is 2.26. The maximum atomic E-state index is 9.12. The molecule has 4 N–H and O–H groups in total. The number of nitrogens with zero attached hydrogens (tertiary/aromatic N) is 1. The summed E-state index contributed by atoms with van der Waals surface area (Å²) in [5, 5.41) is 16.5. The number of aliphatic hydroxyl groups excluding tert-OH is 1. The Kier molecular flexibility index (Phi) is 5.77. The number of hydrogen-bond acceptors (Lipinski definition) is 3. The molecule has 0 spiro atoms. The molecule has 94 valence electrons. The Hall–Kier alpha value is -0.610. The molecule has 4 heteroatoms. The Bertz CT molecular complexity index is 214. The van der Waals surface area contributed by atoms with E-state index in [1.165, 1.54) is 32.1 Å². The molecule has 1 rings (SSSR count). The van der Waals surface area contributed by atoms with Crippen LogP contribution in [0.15, 0.2) is 0 Å². The second kappa shape index (κ2) is 6.86. The zero-order valence-corrected chi connectivity index (χ0v) is 10.3. The molecule has 1 aliphatic carbocycles. The molecule has 0 heterocycles. The molecule has 0 aliphatic heterocycles. The third-order valence-corrected chi connectivity index (χ3v) is 3.48. The first kappa shape index (κ1) is 13.5. The molecule has 1 aliphatic rings. The fourth-order valence-electron chi connectivity index (χ4n) is 2.73. The van der Waals surface area contributed by atoms with Gasteiger partial charge in [0.2, 0.25) is 0 Å². The molecule has 0 amide bonds. The molecule has 1 saturated carbocycles. The minimum Gasteiger partial charge on any atom is -0.395 e. The van der Waals surface area contributed by atoms with Crippen LogP contribution in [0.1, 0.15) is 45.4 Å². The van der Waals surface area contributed by atoms with Crippen LogP contribution in [0.5, 0.6) is 0 Å². The number of rotatable bonds is 6. The molecular weight excluding hydrogens is 202 g/mol. The predicted octanol–water partition coefficient (Wildman–Crippen LogP) is 1.33. The average molecular weight is 227 g/mol. The monoisotopic (exact) mass is 227 g/mol. The van der Waals surface area contributed by atoms with Crippen molar-refractivity contribution in [1.29, 1.82) is 5.41 Å². The third kappa shape index (κ3) is 4.10. The Balaban J connectivity index is 2.53. The van der Waals surface area contributed by atoms with Crippen LogP contribution in [0.25, 0.3) is 0 Å². The highest BCUT2D eigenvalue weighted by Crippen LogP contribution is 2.24. The van der Waals surface area contributed by atoms with E-state index in [1.807, 2.05) is 0 Å². The van der Waals surface area contributed by atoms with Gasteiger partial charge in [-0.05, 0) is 19.8 Å². The van der Waals surface area contributed by atoms with Crippen molar-refractivity contribution in [3.63, 3.8) is 0 Å². The summed E-state index contributed by atoms with van der Waals surface area (Å²) in [5.41, 5.74) is 5.45. The van der Waals surface area contributed by atoms with Crippen LogP contribution in [0, 0.1) is 5.41 Å². The molecular formula is C12H25N3O. The number of nitrogens with two attached hydrogens (primary N) is 1. The summed E-state index contributed by atoms with van der Waals surface area (Å²) in [7, 11) is 0. The lowest BCUT2D eigenvalue weighted by Crippen LogP contribution is -2.45. The highest BCUT2D eigenvalue weighted by atomic mass is 16.3. The van der Waals surface area contributed by atoms with Gasteiger partial charge in [0.15, 0.2) is 0 Å². The van der Waals surface area contributed by atoms with Crippen LogP contribution >= 0.6 is 0 Å². The van der Waals surface area contributed by atoms with Gasteiger partial charge in [-0.25, -0.2) is 0 Å². The highest BCUT2D eigenvalue weighted by Gasteiger charge is 2.24. The first-order valence-electron chi connectivity index (χ1n) is 6.34. The van der Waals surface area contributed by atoms with Gasteiger partial charge in [0, 0.05) is 25.0 Å². The fraction of sp³-hybridized carbons (Fsp3) is 0.917. The van der Waals surface area contributed by atoms with Crippen LogP contribution in [0.3, 0.4) is 0 Å². The topological polar surface area (TPSA) is 73.3 Å². The summed E-state index contributed by atoms with van der Waals surface area (Å²) in [6.07, 6.45) is 6.98. The largest absolute Gasteiger partial charge is 0.395 e. The van der Waals surface area contributed by atoms with Crippen molar-refractivity contribution in [3.05, 3.63) is 0 Å². The summed E-state index contributed by atoms with van der Waals surface area (Å²) in [4.78, 5) is 2.33. The highest BCUT2D eigenvalue weighted by molar-refractivity contribution is 5.77. The zero-order valence-electron chi connectivity index (χ0n) is 10.3. The maximum absolute atomic E-state index is 9.12. The van der Waals surface area contributed by atoms with E-state index < -0.39 is 0 Å². The molecule has 0 aromatic carbocycles. The lowest BCUT2D eigenvalue weighted by Gasteiger charge is -2.38. The molecule has 1 unspecified atom stereocenters.